The Balaban J connectivity index is 1.60. The van der Waals surface area contributed by atoms with Gasteiger partial charge in [-0.25, -0.2) is 9.07 Å². The van der Waals surface area contributed by atoms with E-state index in [0.29, 0.717) is 22.0 Å². The molecule has 0 atom stereocenters. The number of rotatable bonds is 4. The second-order valence-corrected chi connectivity index (χ2v) is 6.69. The van der Waals surface area contributed by atoms with Crippen LogP contribution in [0.2, 0.25) is 0 Å². The molecule has 1 fully saturated rings. The first-order valence-corrected chi connectivity index (χ1v) is 8.56. The number of anilines is 1. The molecule has 1 aliphatic carbocycles. The molecule has 0 aliphatic heterocycles. The molecule has 0 saturated heterocycles. The lowest BCUT2D eigenvalue weighted by atomic mass is 10.1. The maximum Gasteiger partial charge on any atom is 0.256 e. The molecule has 126 valence electrons. The van der Waals surface area contributed by atoms with Gasteiger partial charge in [-0.05, 0) is 69.5 Å². The molecule has 0 bridgehead atoms. The molecule has 1 aromatic heterocycles. The van der Waals surface area contributed by atoms with Crippen molar-refractivity contribution in [2.75, 3.05) is 5.32 Å². The Labute approximate surface area is 151 Å². The summed E-state index contributed by atoms with van der Waals surface area (Å²) in [5.74, 6) is -0.193. The molecule has 1 amide bonds. The molecule has 1 N–H and O–H groups in total. The van der Waals surface area contributed by atoms with Gasteiger partial charge in [-0.1, -0.05) is 12.1 Å². The maximum absolute atomic E-state index is 13.4. The number of hydrogen-bond donors (Lipinski definition) is 1. The van der Waals surface area contributed by atoms with E-state index < -0.39 is 11.7 Å². The number of amides is 1. The largest absolute Gasteiger partial charge is 0.322 e. The Kier molecular flexibility index (Phi) is 4.04. The summed E-state index contributed by atoms with van der Waals surface area (Å²) in [5.41, 5.74) is 1.63. The minimum atomic E-state index is -0.467. The third kappa shape index (κ3) is 3.30. The van der Waals surface area contributed by atoms with E-state index >= 15 is 0 Å². The lowest BCUT2D eigenvalue weighted by Crippen LogP contribution is -2.13. The van der Waals surface area contributed by atoms with E-state index in [0.717, 1.165) is 18.4 Å². The molecule has 4 rings (SSSR count). The first-order valence-electron chi connectivity index (χ1n) is 7.76. The third-order valence-corrected chi connectivity index (χ3v) is 4.63. The smallest absolute Gasteiger partial charge is 0.256 e. The molecule has 3 aromatic rings. The van der Waals surface area contributed by atoms with Gasteiger partial charge in [0.25, 0.3) is 5.91 Å². The number of nitrogens with one attached hydrogen (secondary N) is 1. The number of halogens is 2. The van der Waals surface area contributed by atoms with Gasteiger partial charge in [-0.3, -0.25) is 4.79 Å². The van der Waals surface area contributed by atoms with Crippen LogP contribution < -0.4 is 5.32 Å². The van der Waals surface area contributed by atoms with Gasteiger partial charge in [-0.2, -0.15) is 0 Å². The van der Waals surface area contributed by atoms with Crippen LogP contribution in [0.1, 0.15) is 29.2 Å². The van der Waals surface area contributed by atoms with Gasteiger partial charge < -0.3 is 5.32 Å². The highest BCUT2D eigenvalue weighted by Gasteiger charge is 2.28. The number of nitrogens with zero attached hydrogens (tertiary/aromatic N) is 4. The number of carbonyl (C=O) groups is 1. The van der Waals surface area contributed by atoms with Crippen molar-refractivity contribution in [3.05, 3.63) is 58.3 Å². The fourth-order valence-electron chi connectivity index (χ4n) is 2.55. The second kappa shape index (κ2) is 6.36. The molecular weight excluding hydrogens is 389 g/mol. The van der Waals surface area contributed by atoms with Crippen LogP contribution in [0.25, 0.3) is 11.4 Å². The fourth-order valence-corrected chi connectivity index (χ4v) is 2.98. The predicted molar refractivity (Wildman–Crippen MR) is 93.6 cm³/mol. The lowest BCUT2D eigenvalue weighted by Gasteiger charge is -2.09. The molecule has 25 heavy (non-hydrogen) atoms. The molecule has 0 unspecified atom stereocenters. The van der Waals surface area contributed by atoms with Crippen LogP contribution in [0.3, 0.4) is 0 Å². The van der Waals surface area contributed by atoms with Crippen molar-refractivity contribution in [1.82, 2.24) is 20.2 Å². The molecule has 1 aliphatic rings. The zero-order chi connectivity index (χ0) is 17.4. The first-order chi connectivity index (χ1) is 12.1. The average Bonchev–Trinajstić information content (AvgIpc) is 3.34. The Hall–Kier alpha value is -2.61. The topological polar surface area (TPSA) is 72.7 Å². The van der Waals surface area contributed by atoms with Crippen molar-refractivity contribution in [1.29, 1.82) is 0 Å². The summed E-state index contributed by atoms with van der Waals surface area (Å²) in [7, 11) is 0. The zero-order valence-corrected chi connectivity index (χ0v) is 14.6. The van der Waals surface area contributed by atoms with Crippen molar-refractivity contribution < 1.29 is 9.18 Å². The Morgan fingerprint density at radius 3 is 2.88 bits per heavy atom. The van der Waals surface area contributed by atoms with Crippen LogP contribution in [0.5, 0.6) is 0 Å². The van der Waals surface area contributed by atoms with E-state index in [1.807, 2.05) is 16.8 Å². The Morgan fingerprint density at radius 2 is 2.08 bits per heavy atom. The molecule has 1 heterocycles. The number of benzene rings is 2. The summed E-state index contributed by atoms with van der Waals surface area (Å²) < 4.78 is 15.7. The van der Waals surface area contributed by atoms with Gasteiger partial charge >= 0.3 is 0 Å². The number of hydrogen-bond acceptors (Lipinski definition) is 4. The zero-order valence-electron chi connectivity index (χ0n) is 13.0. The summed E-state index contributed by atoms with van der Waals surface area (Å²) in [6.45, 7) is 0. The molecule has 1 saturated carbocycles. The standard InChI is InChI=1S/C17H13BrFN5O/c18-15-7-4-11(19)9-14(15)17(25)20-12-3-1-2-10(8-12)16-21-22-23-24(16)13-5-6-13/h1-4,7-9,13H,5-6H2,(H,20,25). The van der Waals surface area contributed by atoms with E-state index in [2.05, 4.69) is 36.8 Å². The van der Waals surface area contributed by atoms with Gasteiger partial charge in [0.2, 0.25) is 0 Å². The van der Waals surface area contributed by atoms with Crippen LogP contribution >= 0.6 is 15.9 Å². The second-order valence-electron chi connectivity index (χ2n) is 5.84. The van der Waals surface area contributed by atoms with Crippen LogP contribution in [0, 0.1) is 5.82 Å². The van der Waals surface area contributed by atoms with Crippen LogP contribution in [-0.2, 0) is 0 Å². The summed E-state index contributed by atoms with van der Waals surface area (Å²) in [5, 5.41) is 14.6. The Morgan fingerprint density at radius 1 is 1.24 bits per heavy atom. The molecule has 8 heteroatoms. The molecule has 0 radical (unpaired) electrons. The minimum absolute atomic E-state index is 0.230. The van der Waals surface area contributed by atoms with Crippen molar-refractivity contribution in [2.45, 2.75) is 18.9 Å². The predicted octanol–water partition coefficient (Wildman–Crippen LogP) is 3.83. The number of carbonyl (C=O) groups excluding carboxylic acids is 1. The van der Waals surface area contributed by atoms with E-state index in [9.17, 15) is 9.18 Å². The molecular formula is C17H13BrFN5O. The summed E-state index contributed by atoms with van der Waals surface area (Å²) in [6, 6.07) is 11.6. The monoisotopic (exact) mass is 401 g/mol. The van der Waals surface area contributed by atoms with Crippen molar-refractivity contribution >= 4 is 27.5 Å². The van der Waals surface area contributed by atoms with E-state index in [-0.39, 0.29) is 5.56 Å². The summed E-state index contributed by atoms with van der Waals surface area (Å²) in [4.78, 5) is 12.4. The highest BCUT2D eigenvalue weighted by molar-refractivity contribution is 9.10. The minimum Gasteiger partial charge on any atom is -0.322 e. The van der Waals surface area contributed by atoms with Gasteiger partial charge in [0, 0.05) is 15.7 Å². The highest BCUT2D eigenvalue weighted by atomic mass is 79.9. The molecule has 6 nitrogen and oxygen atoms in total. The summed E-state index contributed by atoms with van der Waals surface area (Å²) >= 11 is 3.27. The fraction of sp³-hybridized carbons (Fsp3) is 0.176. The van der Waals surface area contributed by atoms with E-state index in [4.69, 9.17) is 0 Å². The van der Waals surface area contributed by atoms with Crippen molar-refractivity contribution in [3.63, 3.8) is 0 Å². The lowest BCUT2D eigenvalue weighted by molar-refractivity contribution is 0.102. The van der Waals surface area contributed by atoms with E-state index in [1.165, 1.54) is 18.2 Å². The van der Waals surface area contributed by atoms with Gasteiger partial charge in [0.15, 0.2) is 5.82 Å². The summed E-state index contributed by atoms with van der Waals surface area (Å²) in [6.07, 6.45) is 2.14. The number of aromatic nitrogens is 4. The first kappa shape index (κ1) is 15.9. The highest BCUT2D eigenvalue weighted by Crippen LogP contribution is 2.36. The molecule has 0 spiro atoms. The van der Waals surface area contributed by atoms with Gasteiger partial charge in [0.1, 0.15) is 5.82 Å². The van der Waals surface area contributed by atoms with Crippen LogP contribution in [0.4, 0.5) is 10.1 Å². The quantitative estimate of drug-likeness (QED) is 0.720. The van der Waals surface area contributed by atoms with Crippen molar-refractivity contribution in [3.8, 4) is 11.4 Å². The maximum atomic E-state index is 13.4. The third-order valence-electron chi connectivity index (χ3n) is 3.94. The van der Waals surface area contributed by atoms with Gasteiger partial charge in [-0.15, -0.1) is 5.10 Å². The SMILES string of the molecule is O=C(Nc1cccc(-c2nnnn2C2CC2)c1)c1cc(F)ccc1Br. The van der Waals surface area contributed by atoms with Crippen LogP contribution in [0.15, 0.2) is 46.9 Å². The normalized spacial score (nSPS) is 13.7. The Bertz CT molecular complexity index is 954. The average molecular weight is 402 g/mol. The molecule has 2 aromatic carbocycles. The van der Waals surface area contributed by atoms with Crippen molar-refractivity contribution in [2.24, 2.45) is 0 Å². The van der Waals surface area contributed by atoms with Gasteiger partial charge in [0.05, 0.1) is 11.6 Å². The van der Waals surface area contributed by atoms with Crippen LogP contribution in [-0.4, -0.2) is 26.1 Å². The number of tetrazole rings is 1. The van der Waals surface area contributed by atoms with E-state index in [1.54, 1.807) is 12.1 Å².